The summed E-state index contributed by atoms with van der Waals surface area (Å²) in [6.07, 6.45) is 0. The summed E-state index contributed by atoms with van der Waals surface area (Å²) in [5.41, 5.74) is 3.10. The predicted octanol–water partition coefficient (Wildman–Crippen LogP) is 4.86. The number of aromatic carboxylic acids is 1. The lowest BCUT2D eigenvalue weighted by Gasteiger charge is -2.11. The van der Waals surface area contributed by atoms with E-state index in [1.165, 1.54) is 12.1 Å². The SMILES string of the molecule is CC(C)c1ccc2nc(-c3ccc(F)cc3)cc(C(=O)O)c2c1. The number of aromatic nitrogens is 1. The van der Waals surface area contributed by atoms with Crippen LogP contribution in [0.15, 0.2) is 48.5 Å². The van der Waals surface area contributed by atoms with E-state index in [1.807, 2.05) is 18.2 Å². The summed E-state index contributed by atoms with van der Waals surface area (Å²) < 4.78 is 13.1. The van der Waals surface area contributed by atoms with Gasteiger partial charge in [0.25, 0.3) is 0 Å². The van der Waals surface area contributed by atoms with Crippen molar-refractivity contribution in [1.82, 2.24) is 4.98 Å². The molecule has 0 fully saturated rings. The largest absolute Gasteiger partial charge is 0.478 e. The molecule has 0 spiro atoms. The third kappa shape index (κ3) is 2.93. The summed E-state index contributed by atoms with van der Waals surface area (Å²) in [5.74, 6) is -1.03. The van der Waals surface area contributed by atoms with Gasteiger partial charge in [-0.25, -0.2) is 14.2 Å². The highest BCUT2D eigenvalue weighted by Crippen LogP contribution is 2.27. The number of benzene rings is 2. The molecule has 1 heterocycles. The van der Waals surface area contributed by atoms with Gasteiger partial charge in [-0.1, -0.05) is 19.9 Å². The fourth-order valence-corrected chi connectivity index (χ4v) is 2.55. The highest BCUT2D eigenvalue weighted by Gasteiger charge is 2.14. The molecule has 3 nitrogen and oxygen atoms in total. The zero-order chi connectivity index (χ0) is 16.6. The minimum absolute atomic E-state index is 0.205. The van der Waals surface area contributed by atoms with E-state index in [0.29, 0.717) is 28.1 Å². The fourth-order valence-electron chi connectivity index (χ4n) is 2.55. The summed E-state index contributed by atoms with van der Waals surface area (Å²) in [4.78, 5) is 16.2. The topological polar surface area (TPSA) is 50.2 Å². The molecule has 3 rings (SSSR count). The first kappa shape index (κ1) is 15.2. The van der Waals surface area contributed by atoms with Crippen LogP contribution in [-0.4, -0.2) is 16.1 Å². The zero-order valence-corrected chi connectivity index (χ0v) is 12.9. The van der Waals surface area contributed by atoms with E-state index < -0.39 is 5.97 Å². The Bertz CT molecular complexity index is 886. The van der Waals surface area contributed by atoms with Crippen molar-refractivity contribution in [1.29, 1.82) is 0 Å². The second-order valence-electron chi connectivity index (χ2n) is 5.80. The molecule has 0 aliphatic carbocycles. The van der Waals surface area contributed by atoms with E-state index in [1.54, 1.807) is 18.2 Å². The van der Waals surface area contributed by atoms with E-state index in [0.717, 1.165) is 5.56 Å². The second kappa shape index (κ2) is 5.80. The van der Waals surface area contributed by atoms with Gasteiger partial charge in [0.15, 0.2) is 0 Å². The summed E-state index contributed by atoms with van der Waals surface area (Å²) in [7, 11) is 0. The lowest BCUT2D eigenvalue weighted by Crippen LogP contribution is -2.01. The maximum atomic E-state index is 13.1. The number of hydrogen-bond acceptors (Lipinski definition) is 2. The third-order valence-corrected chi connectivity index (χ3v) is 3.87. The first-order valence-corrected chi connectivity index (χ1v) is 7.39. The van der Waals surface area contributed by atoms with E-state index in [9.17, 15) is 14.3 Å². The normalized spacial score (nSPS) is 11.1. The summed E-state index contributed by atoms with van der Waals surface area (Å²) in [6.45, 7) is 4.11. The summed E-state index contributed by atoms with van der Waals surface area (Å²) in [5, 5.41) is 10.2. The number of carboxylic acid groups (broad SMARTS) is 1. The van der Waals surface area contributed by atoms with Gasteiger partial charge in [0.2, 0.25) is 0 Å². The van der Waals surface area contributed by atoms with Crippen LogP contribution in [0.1, 0.15) is 35.7 Å². The van der Waals surface area contributed by atoms with E-state index in [2.05, 4.69) is 18.8 Å². The van der Waals surface area contributed by atoms with Crippen LogP contribution in [0.3, 0.4) is 0 Å². The molecule has 116 valence electrons. The fraction of sp³-hybridized carbons (Fsp3) is 0.158. The molecule has 0 radical (unpaired) electrons. The Hall–Kier alpha value is -2.75. The van der Waals surface area contributed by atoms with Gasteiger partial charge in [-0.15, -0.1) is 0 Å². The summed E-state index contributed by atoms with van der Waals surface area (Å²) >= 11 is 0. The lowest BCUT2D eigenvalue weighted by atomic mass is 9.97. The van der Waals surface area contributed by atoms with Crippen LogP contribution in [0, 0.1) is 5.82 Å². The number of nitrogens with zero attached hydrogens (tertiary/aromatic N) is 1. The van der Waals surface area contributed by atoms with Crippen molar-refractivity contribution in [2.24, 2.45) is 0 Å². The quantitative estimate of drug-likeness (QED) is 0.751. The van der Waals surface area contributed by atoms with Crippen LogP contribution in [0.5, 0.6) is 0 Å². The molecule has 1 N–H and O–H groups in total. The molecule has 0 bridgehead atoms. The molecule has 0 unspecified atom stereocenters. The highest BCUT2D eigenvalue weighted by atomic mass is 19.1. The van der Waals surface area contributed by atoms with Gasteiger partial charge in [0.1, 0.15) is 5.82 Å². The standard InChI is InChI=1S/C19H16FNO2/c1-11(2)13-5-8-17-15(9-13)16(19(22)23)10-18(21-17)12-3-6-14(20)7-4-12/h3-11H,1-2H3,(H,22,23). The Morgan fingerprint density at radius 3 is 2.39 bits per heavy atom. The minimum atomic E-state index is -0.998. The van der Waals surface area contributed by atoms with Crippen molar-refractivity contribution in [3.8, 4) is 11.3 Å². The van der Waals surface area contributed by atoms with E-state index in [-0.39, 0.29) is 11.4 Å². The third-order valence-electron chi connectivity index (χ3n) is 3.87. The predicted molar refractivity (Wildman–Crippen MR) is 88.2 cm³/mol. The maximum absolute atomic E-state index is 13.1. The molecule has 0 amide bonds. The molecule has 0 aliphatic heterocycles. The molecule has 4 heteroatoms. The van der Waals surface area contributed by atoms with Crippen LogP contribution in [-0.2, 0) is 0 Å². The molecule has 0 aliphatic rings. The smallest absolute Gasteiger partial charge is 0.336 e. The molecule has 1 aromatic heterocycles. The van der Waals surface area contributed by atoms with Crippen LogP contribution < -0.4 is 0 Å². The molecule has 0 saturated carbocycles. The molecule has 3 aromatic rings. The van der Waals surface area contributed by atoms with Crippen LogP contribution >= 0.6 is 0 Å². The molecular weight excluding hydrogens is 293 g/mol. The Morgan fingerprint density at radius 2 is 1.78 bits per heavy atom. The zero-order valence-electron chi connectivity index (χ0n) is 12.9. The van der Waals surface area contributed by atoms with Crippen molar-refractivity contribution < 1.29 is 14.3 Å². The van der Waals surface area contributed by atoms with Crippen molar-refractivity contribution >= 4 is 16.9 Å². The molecule has 2 aromatic carbocycles. The van der Waals surface area contributed by atoms with Gasteiger partial charge < -0.3 is 5.11 Å². The molecule has 0 saturated heterocycles. The van der Waals surface area contributed by atoms with Gasteiger partial charge in [0.05, 0.1) is 16.8 Å². The van der Waals surface area contributed by atoms with E-state index in [4.69, 9.17) is 0 Å². The Kier molecular flexibility index (Phi) is 3.82. The lowest BCUT2D eigenvalue weighted by molar-refractivity contribution is 0.0699. The van der Waals surface area contributed by atoms with Crippen LogP contribution in [0.25, 0.3) is 22.2 Å². The maximum Gasteiger partial charge on any atom is 0.336 e. The van der Waals surface area contributed by atoms with Crippen molar-refractivity contribution in [3.05, 3.63) is 65.5 Å². The Morgan fingerprint density at radius 1 is 1.09 bits per heavy atom. The number of rotatable bonds is 3. The summed E-state index contributed by atoms with van der Waals surface area (Å²) in [6, 6.07) is 13.1. The average Bonchev–Trinajstić information content (AvgIpc) is 2.53. The van der Waals surface area contributed by atoms with Crippen molar-refractivity contribution in [2.45, 2.75) is 19.8 Å². The number of halogens is 1. The number of pyridine rings is 1. The average molecular weight is 309 g/mol. The Labute approximate surface area is 133 Å². The number of carbonyl (C=O) groups is 1. The number of fused-ring (bicyclic) bond motifs is 1. The monoisotopic (exact) mass is 309 g/mol. The first-order chi connectivity index (χ1) is 11.0. The van der Waals surface area contributed by atoms with Crippen LogP contribution in [0.4, 0.5) is 4.39 Å². The van der Waals surface area contributed by atoms with Gasteiger partial charge in [-0.2, -0.15) is 0 Å². The van der Waals surface area contributed by atoms with Crippen molar-refractivity contribution in [2.75, 3.05) is 0 Å². The second-order valence-corrected chi connectivity index (χ2v) is 5.80. The van der Waals surface area contributed by atoms with Gasteiger partial charge in [-0.3, -0.25) is 0 Å². The first-order valence-electron chi connectivity index (χ1n) is 7.39. The van der Waals surface area contributed by atoms with Gasteiger partial charge in [0, 0.05) is 10.9 Å². The van der Waals surface area contributed by atoms with Gasteiger partial charge >= 0.3 is 5.97 Å². The Balaban J connectivity index is 2.24. The minimum Gasteiger partial charge on any atom is -0.478 e. The highest BCUT2D eigenvalue weighted by molar-refractivity contribution is 6.04. The molecular formula is C19H16FNO2. The van der Waals surface area contributed by atoms with Crippen molar-refractivity contribution in [3.63, 3.8) is 0 Å². The van der Waals surface area contributed by atoms with Gasteiger partial charge in [-0.05, 0) is 53.9 Å². The molecule has 0 atom stereocenters. The number of hydrogen-bond donors (Lipinski definition) is 1. The van der Waals surface area contributed by atoms with E-state index >= 15 is 0 Å². The van der Waals surface area contributed by atoms with Crippen LogP contribution in [0.2, 0.25) is 0 Å². The molecule has 23 heavy (non-hydrogen) atoms. The number of carboxylic acids is 1.